The van der Waals surface area contributed by atoms with Crippen LogP contribution in [0.15, 0.2) is 12.7 Å². The summed E-state index contributed by atoms with van der Waals surface area (Å²) in [5.74, 6) is -0.368. The number of aliphatic hydroxyl groups excluding tert-OH is 1. The van der Waals surface area contributed by atoms with Crippen LogP contribution in [-0.4, -0.2) is 23.8 Å². The van der Waals surface area contributed by atoms with E-state index < -0.39 is 10.1 Å². The number of hydrogen-bond donors (Lipinski definition) is 2. The first-order valence-corrected chi connectivity index (χ1v) is 4.60. The van der Waals surface area contributed by atoms with E-state index in [0.717, 1.165) is 19.1 Å². The first-order chi connectivity index (χ1) is 4.97. The fraction of sp³-hybridized carbons (Fsp3) is 0.500. The van der Waals surface area contributed by atoms with Gasteiger partial charge in [0.2, 0.25) is 0 Å². The summed E-state index contributed by atoms with van der Waals surface area (Å²) in [7, 11) is -3.79. The molecule has 0 aliphatic rings. The van der Waals surface area contributed by atoms with Crippen molar-refractivity contribution in [1.29, 1.82) is 0 Å². The molecule has 6 heteroatoms. The molecule has 0 spiro atoms. The van der Waals surface area contributed by atoms with Crippen molar-refractivity contribution in [1.82, 2.24) is 0 Å². The Balaban J connectivity index is -0.000000142. The summed E-state index contributed by atoms with van der Waals surface area (Å²) < 4.78 is 27.3. The minimum absolute atomic E-state index is 0. The molecular weight excluding hydrogens is 191 g/mol. The molecular formula is C6H13NaO4S. The molecule has 0 bridgehead atoms. The van der Waals surface area contributed by atoms with Crippen molar-refractivity contribution in [2.45, 2.75) is 13.3 Å². The zero-order valence-electron chi connectivity index (χ0n) is 7.40. The average molecular weight is 204 g/mol. The molecule has 12 heavy (non-hydrogen) atoms. The van der Waals surface area contributed by atoms with Crippen LogP contribution in [0.1, 0.15) is 13.3 Å². The summed E-state index contributed by atoms with van der Waals surface area (Å²) in [5, 5.41) is 7.75. The molecule has 0 aromatic heterocycles. The molecule has 4 nitrogen and oxygen atoms in total. The van der Waals surface area contributed by atoms with E-state index >= 15 is 0 Å². The van der Waals surface area contributed by atoms with Gasteiger partial charge < -0.3 is 5.11 Å². The Morgan fingerprint density at radius 3 is 1.92 bits per heavy atom. The van der Waals surface area contributed by atoms with Crippen molar-refractivity contribution < 1.29 is 47.6 Å². The van der Waals surface area contributed by atoms with Crippen LogP contribution in [0.2, 0.25) is 0 Å². The van der Waals surface area contributed by atoms with Crippen LogP contribution in [-0.2, 0) is 10.1 Å². The molecule has 0 aliphatic carbocycles. The van der Waals surface area contributed by atoms with Crippen molar-refractivity contribution in [3.8, 4) is 0 Å². The summed E-state index contributed by atoms with van der Waals surface area (Å²) in [4.78, 5) is 0. The molecule has 2 N–H and O–H groups in total. The second-order valence-electron chi connectivity index (χ2n) is 1.63. The second kappa shape index (κ2) is 11.6. The van der Waals surface area contributed by atoms with E-state index in [1.165, 1.54) is 0 Å². The van der Waals surface area contributed by atoms with Gasteiger partial charge in [0, 0.05) is 0 Å². The van der Waals surface area contributed by atoms with Gasteiger partial charge in [-0.15, -0.1) is 6.58 Å². The fourth-order valence-electron chi connectivity index (χ4n) is 0.149. The maximum Gasteiger partial charge on any atom is 1.00 e. The summed E-state index contributed by atoms with van der Waals surface area (Å²) >= 11 is 0. The monoisotopic (exact) mass is 204 g/mol. The Morgan fingerprint density at radius 1 is 1.58 bits per heavy atom. The number of rotatable bonds is 3. The molecule has 0 saturated carbocycles. The summed E-state index contributed by atoms with van der Waals surface area (Å²) in [6, 6.07) is 0. The van der Waals surface area contributed by atoms with Crippen molar-refractivity contribution >= 4 is 10.1 Å². The standard InChI is InChI=1S/C3H6O3S.C3H7O.Na/c1-2-3-7(4,5)6;1-2-3-4;/h2H,1,3H2,(H,4,5,6);3-4H,2H2,1H3;/q;-1;+1. The third-order valence-electron chi connectivity index (χ3n) is 0.511. The first kappa shape index (κ1) is 18.4. The van der Waals surface area contributed by atoms with Crippen molar-refractivity contribution in [3.05, 3.63) is 19.3 Å². The predicted molar refractivity (Wildman–Crippen MR) is 43.1 cm³/mol. The minimum atomic E-state index is -3.79. The molecule has 0 fully saturated rings. The van der Waals surface area contributed by atoms with Gasteiger partial charge >= 0.3 is 29.6 Å². The molecule has 0 amide bonds. The Hall–Kier alpha value is 0.610. The van der Waals surface area contributed by atoms with E-state index in [4.69, 9.17) is 9.66 Å². The first-order valence-electron chi connectivity index (χ1n) is 2.99. The summed E-state index contributed by atoms with van der Waals surface area (Å²) in [6.07, 6.45) is 1.87. The van der Waals surface area contributed by atoms with Crippen LogP contribution in [0.4, 0.5) is 0 Å². The molecule has 0 saturated heterocycles. The average Bonchev–Trinajstić information content (AvgIpc) is 1.86. The molecule has 0 aliphatic heterocycles. The molecule has 0 rings (SSSR count). The van der Waals surface area contributed by atoms with Crippen molar-refractivity contribution in [3.63, 3.8) is 0 Å². The maximum absolute atomic E-state index is 9.72. The van der Waals surface area contributed by atoms with Gasteiger partial charge in [-0.05, 0) is 0 Å². The van der Waals surface area contributed by atoms with Gasteiger partial charge in [-0.2, -0.15) is 14.8 Å². The van der Waals surface area contributed by atoms with Crippen molar-refractivity contribution in [2.75, 3.05) is 5.75 Å². The minimum Gasteiger partial charge on any atom is -0.566 e. The van der Waals surface area contributed by atoms with Gasteiger partial charge in [0.25, 0.3) is 10.1 Å². The second-order valence-corrected chi connectivity index (χ2v) is 3.13. The quantitative estimate of drug-likeness (QED) is 0.241. The van der Waals surface area contributed by atoms with Gasteiger partial charge in [-0.25, -0.2) is 6.61 Å². The molecule has 0 aromatic rings. The molecule has 0 heterocycles. The normalized spacial score (nSPS) is 8.92. The Bertz CT molecular complexity index is 174. The zero-order valence-corrected chi connectivity index (χ0v) is 10.2. The third-order valence-corrected chi connectivity index (χ3v) is 1.17. The number of hydrogen-bond acceptors (Lipinski definition) is 3. The van der Waals surface area contributed by atoms with E-state index in [2.05, 4.69) is 6.58 Å². The zero-order chi connectivity index (χ0) is 9.33. The fourth-order valence-corrected chi connectivity index (χ4v) is 0.447. The molecule has 68 valence electrons. The summed E-state index contributed by atoms with van der Waals surface area (Å²) in [5.41, 5.74) is 0. The van der Waals surface area contributed by atoms with Crippen LogP contribution in [0.3, 0.4) is 0 Å². The van der Waals surface area contributed by atoms with E-state index in [9.17, 15) is 8.42 Å². The molecule has 0 unspecified atom stereocenters. The van der Waals surface area contributed by atoms with Crippen LogP contribution in [0.25, 0.3) is 0 Å². The van der Waals surface area contributed by atoms with Gasteiger partial charge in [0.1, 0.15) is 0 Å². The van der Waals surface area contributed by atoms with E-state index in [0.29, 0.717) is 0 Å². The largest absolute Gasteiger partial charge is 1.00 e. The number of aliphatic hydroxyl groups is 1. The Kier molecular flexibility index (Phi) is 17.8. The van der Waals surface area contributed by atoms with Crippen LogP contribution in [0.5, 0.6) is 0 Å². The summed E-state index contributed by atoms with van der Waals surface area (Å²) in [6.45, 7) is 6.11. The SMILES string of the molecule is C=CCS(=O)(=O)O.CC[CH-]O.[Na+]. The Morgan fingerprint density at radius 2 is 1.92 bits per heavy atom. The van der Waals surface area contributed by atoms with Crippen LogP contribution < -0.4 is 29.6 Å². The van der Waals surface area contributed by atoms with Crippen LogP contribution in [0, 0.1) is 6.61 Å². The smallest absolute Gasteiger partial charge is 0.566 e. The third kappa shape index (κ3) is 31.1. The maximum atomic E-state index is 9.72. The van der Waals surface area contributed by atoms with Crippen molar-refractivity contribution in [2.24, 2.45) is 0 Å². The van der Waals surface area contributed by atoms with Gasteiger partial charge in [0.15, 0.2) is 0 Å². The van der Waals surface area contributed by atoms with Crippen LogP contribution >= 0.6 is 0 Å². The molecule has 0 aromatic carbocycles. The molecule has 0 atom stereocenters. The van der Waals surface area contributed by atoms with E-state index in [1.54, 1.807) is 0 Å². The predicted octanol–water partition coefficient (Wildman–Crippen LogP) is -2.01. The van der Waals surface area contributed by atoms with Gasteiger partial charge in [-0.1, -0.05) is 13.0 Å². The topological polar surface area (TPSA) is 74.6 Å². The van der Waals surface area contributed by atoms with Gasteiger partial charge in [0.05, 0.1) is 5.75 Å². The molecule has 0 radical (unpaired) electrons. The van der Waals surface area contributed by atoms with Gasteiger partial charge in [-0.3, -0.25) is 4.55 Å². The van der Waals surface area contributed by atoms with E-state index in [1.807, 2.05) is 6.92 Å². The Labute approximate surface area is 95.7 Å². The van der Waals surface area contributed by atoms with E-state index in [-0.39, 0.29) is 35.3 Å².